The molecule has 2 amide bonds. The molecule has 1 aromatic heterocycles. The SMILES string of the molecule is COC(=O)c1ccc(CN2C(=O)SC(=Cc3ccc(OCc4ccccc4F)c(OC)c3)C2=O)o1. The van der Waals surface area contributed by atoms with Crippen LogP contribution < -0.4 is 9.47 Å². The minimum absolute atomic E-state index is 0.0191. The molecule has 1 saturated heterocycles. The zero-order valence-corrected chi connectivity index (χ0v) is 19.6. The van der Waals surface area contributed by atoms with Crippen LogP contribution in [0.2, 0.25) is 0 Å². The van der Waals surface area contributed by atoms with Gasteiger partial charge in [-0.25, -0.2) is 9.18 Å². The first-order valence-corrected chi connectivity index (χ1v) is 11.2. The van der Waals surface area contributed by atoms with Gasteiger partial charge in [-0.1, -0.05) is 24.3 Å². The van der Waals surface area contributed by atoms with Gasteiger partial charge in [0.1, 0.15) is 18.2 Å². The minimum Gasteiger partial charge on any atom is -0.493 e. The minimum atomic E-state index is -0.652. The topological polar surface area (TPSA) is 95.3 Å². The van der Waals surface area contributed by atoms with Gasteiger partial charge >= 0.3 is 5.97 Å². The summed E-state index contributed by atoms with van der Waals surface area (Å²) in [7, 11) is 2.69. The maximum absolute atomic E-state index is 13.8. The lowest BCUT2D eigenvalue weighted by molar-refractivity contribution is -0.123. The number of nitrogens with zero attached hydrogens (tertiary/aromatic N) is 1. The van der Waals surface area contributed by atoms with Gasteiger partial charge in [-0.2, -0.15) is 0 Å². The van der Waals surface area contributed by atoms with Gasteiger partial charge in [-0.05, 0) is 53.7 Å². The molecule has 3 aromatic rings. The van der Waals surface area contributed by atoms with Crippen molar-refractivity contribution in [1.29, 1.82) is 0 Å². The van der Waals surface area contributed by atoms with Crippen molar-refractivity contribution in [2.75, 3.05) is 14.2 Å². The van der Waals surface area contributed by atoms with Gasteiger partial charge in [-0.15, -0.1) is 0 Å². The van der Waals surface area contributed by atoms with Crippen molar-refractivity contribution < 1.29 is 37.4 Å². The first-order valence-electron chi connectivity index (χ1n) is 10.4. The molecule has 35 heavy (non-hydrogen) atoms. The van der Waals surface area contributed by atoms with Crippen LogP contribution in [0.5, 0.6) is 11.5 Å². The quantitative estimate of drug-likeness (QED) is 0.316. The molecule has 0 N–H and O–H groups in total. The molecule has 0 saturated carbocycles. The van der Waals surface area contributed by atoms with E-state index in [-0.39, 0.29) is 35.4 Å². The highest BCUT2D eigenvalue weighted by Crippen LogP contribution is 2.35. The number of imide groups is 1. The van der Waals surface area contributed by atoms with E-state index in [1.54, 1.807) is 42.5 Å². The number of furan rings is 1. The number of amides is 2. The third-order valence-electron chi connectivity index (χ3n) is 5.06. The Morgan fingerprint density at radius 1 is 1.09 bits per heavy atom. The van der Waals surface area contributed by atoms with Crippen molar-refractivity contribution in [2.24, 2.45) is 0 Å². The molecule has 4 rings (SSSR count). The van der Waals surface area contributed by atoms with E-state index in [0.717, 1.165) is 16.7 Å². The normalized spacial score (nSPS) is 14.5. The number of methoxy groups -OCH3 is 2. The Morgan fingerprint density at radius 2 is 1.89 bits per heavy atom. The third kappa shape index (κ3) is 5.38. The Morgan fingerprint density at radius 3 is 2.63 bits per heavy atom. The Labute approximate surface area is 204 Å². The fraction of sp³-hybridized carbons (Fsp3) is 0.160. The Hall–Kier alpha value is -4.05. The Kier molecular flexibility index (Phi) is 7.21. The van der Waals surface area contributed by atoms with Crippen molar-refractivity contribution in [2.45, 2.75) is 13.2 Å². The summed E-state index contributed by atoms with van der Waals surface area (Å²) >= 11 is 0.792. The second-order valence-corrected chi connectivity index (χ2v) is 8.31. The lowest BCUT2D eigenvalue weighted by Gasteiger charge is -2.12. The van der Waals surface area contributed by atoms with Crippen LogP contribution in [-0.2, 0) is 22.7 Å². The summed E-state index contributed by atoms with van der Waals surface area (Å²) in [5, 5.41) is -0.464. The van der Waals surface area contributed by atoms with E-state index < -0.39 is 17.1 Å². The predicted molar refractivity (Wildman–Crippen MR) is 125 cm³/mol. The summed E-state index contributed by atoms with van der Waals surface area (Å²) in [4.78, 5) is 38.0. The Balaban J connectivity index is 1.47. The van der Waals surface area contributed by atoms with Crippen molar-refractivity contribution in [3.63, 3.8) is 0 Å². The number of esters is 1. The zero-order chi connectivity index (χ0) is 24.9. The molecular weight excluding hydrogens is 477 g/mol. The molecule has 0 bridgehead atoms. The molecule has 8 nitrogen and oxygen atoms in total. The standard InChI is InChI=1S/C25H20FNO7S/c1-31-21-11-15(7-9-19(21)33-14-16-5-3-4-6-18(16)26)12-22-23(28)27(25(30)35-22)13-17-8-10-20(34-17)24(29)32-2/h3-12H,13-14H2,1-2H3. The largest absolute Gasteiger partial charge is 0.493 e. The zero-order valence-electron chi connectivity index (χ0n) is 18.8. The molecule has 1 aliphatic rings. The molecule has 0 aliphatic carbocycles. The molecule has 0 radical (unpaired) electrons. The van der Waals surface area contributed by atoms with Gasteiger partial charge in [0, 0.05) is 5.56 Å². The number of ether oxygens (including phenoxy) is 3. The van der Waals surface area contributed by atoms with Crippen molar-refractivity contribution in [3.05, 3.63) is 88.0 Å². The highest BCUT2D eigenvalue weighted by molar-refractivity contribution is 8.18. The molecule has 180 valence electrons. The van der Waals surface area contributed by atoms with E-state index in [0.29, 0.717) is 22.6 Å². The number of carbonyl (C=O) groups is 3. The van der Waals surface area contributed by atoms with E-state index in [1.807, 2.05) is 0 Å². The maximum Gasteiger partial charge on any atom is 0.373 e. The van der Waals surface area contributed by atoms with Crippen LogP contribution in [0.25, 0.3) is 6.08 Å². The second-order valence-electron chi connectivity index (χ2n) is 7.32. The predicted octanol–water partition coefficient (Wildman–Crippen LogP) is 5.03. The highest BCUT2D eigenvalue weighted by atomic mass is 32.2. The van der Waals surface area contributed by atoms with Gasteiger partial charge in [0.25, 0.3) is 11.1 Å². The summed E-state index contributed by atoms with van der Waals surface area (Å²) in [5.41, 5.74) is 1.01. The van der Waals surface area contributed by atoms with Crippen molar-refractivity contribution >= 4 is 35.0 Å². The Bertz CT molecular complexity index is 1320. The van der Waals surface area contributed by atoms with E-state index in [4.69, 9.17) is 13.9 Å². The van der Waals surface area contributed by atoms with Crippen LogP contribution in [0.4, 0.5) is 9.18 Å². The van der Waals surface area contributed by atoms with E-state index in [2.05, 4.69) is 4.74 Å². The van der Waals surface area contributed by atoms with E-state index in [9.17, 15) is 18.8 Å². The first-order chi connectivity index (χ1) is 16.9. The van der Waals surface area contributed by atoms with Crippen LogP contribution in [-0.4, -0.2) is 36.2 Å². The van der Waals surface area contributed by atoms with E-state index in [1.165, 1.54) is 32.4 Å². The van der Waals surface area contributed by atoms with Crippen LogP contribution in [0, 0.1) is 5.82 Å². The maximum atomic E-state index is 13.8. The van der Waals surface area contributed by atoms with Crippen molar-refractivity contribution in [3.8, 4) is 11.5 Å². The van der Waals surface area contributed by atoms with Crippen LogP contribution in [0.15, 0.2) is 63.9 Å². The molecule has 2 heterocycles. The average Bonchev–Trinajstić information content (AvgIpc) is 3.44. The molecule has 0 atom stereocenters. The molecule has 1 fully saturated rings. The van der Waals surface area contributed by atoms with Gasteiger partial charge in [-0.3, -0.25) is 14.5 Å². The number of rotatable bonds is 8. The number of carbonyl (C=O) groups excluding carboxylic acids is 3. The summed E-state index contributed by atoms with van der Waals surface area (Å²) < 4.78 is 34.9. The molecule has 10 heteroatoms. The molecule has 0 unspecified atom stereocenters. The number of halogens is 1. The molecule has 0 spiro atoms. The summed E-state index contributed by atoms with van der Waals surface area (Å²) in [5.74, 6) is -0.466. The smallest absolute Gasteiger partial charge is 0.373 e. The van der Waals surface area contributed by atoms with Gasteiger partial charge < -0.3 is 18.6 Å². The lowest BCUT2D eigenvalue weighted by Crippen LogP contribution is -2.27. The third-order valence-corrected chi connectivity index (χ3v) is 5.97. The number of hydrogen-bond acceptors (Lipinski definition) is 8. The summed E-state index contributed by atoms with van der Waals surface area (Å²) in [6.07, 6.45) is 1.57. The van der Waals surface area contributed by atoms with Crippen molar-refractivity contribution in [1.82, 2.24) is 4.90 Å². The second kappa shape index (κ2) is 10.5. The molecule has 1 aliphatic heterocycles. The van der Waals surface area contributed by atoms with E-state index >= 15 is 0 Å². The summed E-state index contributed by atoms with van der Waals surface area (Å²) in [6.45, 7) is -0.100. The number of hydrogen-bond donors (Lipinski definition) is 0. The fourth-order valence-electron chi connectivity index (χ4n) is 3.28. The van der Waals surface area contributed by atoms with Gasteiger partial charge in [0.15, 0.2) is 11.5 Å². The first kappa shape index (κ1) is 24.1. The van der Waals surface area contributed by atoms with Crippen LogP contribution in [0.1, 0.15) is 27.4 Å². The monoisotopic (exact) mass is 497 g/mol. The van der Waals surface area contributed by atoms with Gasteiger partial charge in [0.05, 0.1) is 25.7 Å². The average molecular weight is 498 g/mol. The van der Waals surface area contributed by atoms with Crippen LogP contribution in [0.3, 0.4) is 0 Å². The number of thioether (sulfide) groups is 1. The molecule has 2 aromatic carbocycles. The molecular formula is C25H20FNO7S. The lowest BCUT2D eigenvalue weighted by atomic mass is 10.1. The van der Waals surface area contributed by atoms with Crippen LogP contribution >= 0.6 is 11.8 Å². The number of benzene rings is 2. The summed E-state index contributed by atoms with van der Waals surface area (Å²) in [6, 6.07) is 14.2. The van der Waals surface area contributed by atoms with Gasteiger partial charge in [0.2, 0.25) is 5.76 Å². The highest BCUT2D eigenvalue weighted by Gasteiger charge is 2.35. The fourth-order valence-corrected chi connectivity index (χ4v) is 4.12.